The molecule has 1 aromatic rings. The van der Waals surface area contributed by atoms with Gasteiger partial charge in [-0.3, -0.25) is 9.59 Å². The molecule has 3 rings (SSSR count). The quantitative estimate of drug-likeness (QED) is 0.317. The average Bonchev–Trinajstić information content (AvgIpc) is 3.02. The smallest absolute Gasteiger partial charge is 0.341 e. The Balaban J connectivity index is 2.34. The number of nitrogens with zero attached hydrogens (tertiary/aromatic N) is 1. The highest BCUT2D eigenvalue weighted by atomic mass is 16.6. The van der Waals surface area contributed by atoms with Crippen LogP contribution in [0.4, 0.5) is 5.69 Å². The van der Waals surface area contributed by atoms with Crippen LogP contribution in [0.1, 0.15) is 45.6 Å². The molecule has 10 nitrogen and oxygen atoms in total. The van der Waals surface area contributed by atoms with E-state index in [9.17, 15) is 19.2 Å². The first-order valence-corrected chi connectivity index (χ1v) is 11.5. The molecule has 0 aliphatic carbocycles. The number of carbonyl (C=O) groups is 4. The summed E-state index contributed by atoms with van der Waals surface area (Å²) in [6.45, 7) is 5.32. The molecule has 10 heteroatoms. The molecule has 2 aliphatic heterocycles. The van der Waals surface area contributed by atoms with Crippen LogP contribution < -0.4 is 10.6 Å². The van der Waals surface area contributed by atoms with E-state index >= 15 is 0 Å². The fourth-order valence-electron chi connectivity index (χ4n) is 4.37. The number of ether oxygens (including phenoxy) is 4. The highest BCUT2D eigenvalue weighted by molar-refractivity contribution is 6.22. The molecule has 0 bridgehead atoms. The third-order valence-electron chi connectivity index (χ3n) is 5.83. The number of para-hydroxylation sites is 1. The van der Waals surface area contributed by atoms with Crippen LogP contribution in [0.3, 0.4) is 0 Å². The Morgan fingerprint density at radius 2 is 1.66 bits per heavy atom. The third-order valence-corrected chi connectivity index (χ3v) is 5.83. The third kappa shape index (κ3) is 4.36. The highest BCUT2D eigenvalue weighted by Gasteiger charge is 2.63. The average molecular weight is 487 g/mol. The van der Waals surface area contributed by atoms with Crippen LogP contribution in [0.15, 0.2) is 47.1 Å². The van der Waals surface area contributed by atoms with Crippen LogP contribution in [0, 0.1) is 0 Å². The van der Waals surface area contributed by atoms with E-state index in [-0.39, 0.29) is 36.7 Å². The van der Waals surface area contributed by atoms with Gasteiger partial charge < -0.3 is 29.6 Å². The minimum Gasteiger partial charge on any atom is -0.466 e. The van der Waals surface area contributed by atoms with Crippen molar-refractivity contribution in [3.8, 4) is 0 Å². The van der Waals surface area contributed by atoms with E-state index in [2.05, 4.69) is 0 Å². The fraction of sp³-hybridized carbons (Fsp3) is 0.440. The van der Waals surface area contributed by atoms with Crippen molar-refractivity contribution in [2.24, 2.45) is 5.73 Å². The lowest BCUT2D eigenvalue weighted by Crippen LogP contribution is -2.50. The summed E-state index contributed by atoms with van der Waals surface area (Å²) >= 11 is 0. The zero-order chi connectivity index (χ0) is 25.8. The van der Waals surface area contributed by atoms with E-state index in [1.165, 1.54) is 11.9 Å². The molecule has 0 aromatic heterocycles. The summed E-state index contributed by atoms with van der Waals surface area (Å²) in [5.74, 6) is -3.80. The normalized spacial score (nSPS) is 19.0. The van der Waals surface area contributed by atoms with E-state index in [4.69, 9.17) is 24.7 Å². The lowest BCUT2D eigenvalue weighted by molar-refractivity contribution is -0.144. The molecule has 1 unspecified atom stereocenters. The van der Waals surface area contributed by atoms with Gasteiger partial charge in [0, 0.05) is 18.3 Å². The second kappa shape index (κ2) is 10.6. The van der Waals surface area contributed by atoms with Crippen molar-refractivity contribution in [2.75, 3.05) is 31.8 Å². The zero-order valence-corrected chi connectivity index (χ0v) is 20.3. The molecule has 1 amide bonds. The molecular weight excluding hydrogens is 456 g/mol. The summed E-state index contributed by atoms with van der Waals surface area (Å²) in [5, 5.41) is 0. The number of benzene rings is 1. The van der Waals surface area contributed by atoms with Gasteiger partial charge in [-0.05, 0) is 26.3 Å². The first-order valence-electron chi connectivity index (χ1n) is 11.5. The van der Waals surface area contributed by atoms with E-state index in [1.807, 2.05) is 6.92 Å². The van der Waals surface area contributed by atoms with Crippen molar-refractivity contribution in [1.29, 1.82) is 0 Å². The SMILES string of the molecule is CCCCOC(=O)C1=C(N)OC(CC(=O)OCC)=C(C(=O)OCC)C12C(=O)N(C)c1ccccc12. The number of hydrogen-bond acceptors (Lipinski definition) is 9. The van der Waals surface area contributed by atoms with Crippen LogP contribution in [0.5, 0.6) is 0 Å². The van der Waals surface area contributed by atoms with Crippen LogP contribution in [-0.2, 0) is 43.5 Å². The van der Waals surface area contributed by atoms with Crippen molar-refractivity contribution in [3.63, 3.8) is 0 Å². The summed E-state index contributed by atoms with van der Waals surface area (Å²) < 4.78 is 21.4. The molecule has 1 aromatic carbocycles. The van der Waals surface area contributed by atoms with Crippen molar-refractivity contribution >= 4 is 29.5 Å². The fourth-order valence-corrected chi connectivity index (χ4v) is 4.37. The maximum atomic E-state index is 14.0. The number of esters is 3. The van der Waals surface area contributed by atoms with Gasteiger partial charge in [-0.25, -0.2) is 9.59 Å². The zero-order valence-electron chi connectivity index (χ0n) is 20.3. The number of amides is 1. The van der Waals surface area contributed by atoms with Crippen LogP contribution in [0.2, 0.25) is 0 Å². The highest BCUT2D eigenvalue weighted by Crippen LogP contribution is 2.54. The van der Waals surface area contributed by atoms with Gasteiger partial charge in [0.1, 0.15) is 28.7 Å². The van der Waals surface area contributed by atoms with Crippen LogP contribution >= 0.6 is 0 Å². The molecule has 2 aliphatic rings. The number of likely N-dealkylation sites (N-methyl/N-ethyl adjacent to an activating group) is 1. The second-order valence-electron chi connectivity index (χ2n) is 7.96. The Bertz CT molecular complexity index is 1110. The van der Waals surface area contributed by atoms with Gasteiger partial charge in [0.2, 0.25) is 11.8 Å². The Hall–Kier alpha value is -3.82. The maximum absolute atomic E-state index is 14.0. The molecule has 0 fully saturated rings. The monoisotopic (exact) mass is 486 g/mol. The molecule has 0 radical (unpaired) electrons. The number of rotatable bonds is 9. The predicted molar refractivity (Wildman–Crippen MR) is 125 cm³/mol. The summed E-state index contributed by atoms with van der Waals surface area (Å²) in [4.78, 5) is 54.5. The predicted octanol–water partition coefficient (Wildman–Crippen LogP) is 2.22. The van der Waals surface area contributed by atoms with Crippen LogP contribution in [-0.4, -0.2) is 50.7 Å². The molecule has 35 heavy (non-hydrogen) atoms. The van der Waals surface area contributed by atoms with Crippen molar-refractivity contribution in [2.45, 2.75) is 45.4 Å². The molecule has 188 valence electrons. The van der Waals surface area contributed by atoms with Gasteiger partial charge >= 0.3 is 17.9 Å². The van der Waals surface area contributed by atoms with Gasteiger partial charge in [0.15, 0.2) is 0 Å². The van der Waals surface area contributed by atoms with Gasteiger partial charge in [-0.1, -0.05) is 31.5 Å². The largest absolute Gasteiger partial charge is 0.466 e. The number of hydrogen-bond donors (Lipinski definition) is 1. The minimum absolute atomic E-state index is 0.0216. The van der Waals surface area contributed by atoms with E-state index in [0.29, 0.717) is 17.7 Å². The molecular formula is C25H30N2O8. The Morgan fingerprint density at radius 3 is 2.31 bits per heavy atom. The number of carbonyl (C=O) groups excluding carboxylic acids is 4. The van der Waals surface area contributed by atoms with Crippen molar-refractivity contribution in [3.05, 3.63) is 52.6 Å². The standard InChI is InChI=1S/C25H30N2O8/c1-5-8-13-34-23(30)20-21(26)35-17(14-18(28)32-6-2)19(22(29)33-7-3)25(20)15-11-9-10-12-16(15)27(4)24(25)31/h9-12H,5-8,13-14,26H2,1-4H3. The lowest BCUT2D eigenvalue weighted by atomic mass is 9.67. The number of unbranched alkanes of at least 4 members (excludes halogenated alkanes) is 1. The van der Waals surface area contributed by atoms with E-state index in [1.54, 1.807) is 38.1 Å². The number of nitrogens with two attached hydrogens (primary N) is 1. The molecule has 0 saturated heterocycles. The second-order valence-corrected chi connectivity index (χ2v) is 7.96. The molecule has 2 N–H and O–H groups in total. The summed E-state index contributed by atoms with van der Waals surface area (Å²) in [6.07, 6.45) is 0.860. The summed E-state index contributed by atoms with van der Waals surface area (Å²) in [5.41, 5.74) is 4.36. The van der Waals surface area contributed by atoms with Crippen molar-refractivity contribution in [1.82, 2.24) is 0 Å². The molecule has 1 atom stereocenters. The van der Waals surface area contributed by atoms with Gasteiger partial charge in [0.05, 0.1) is 19.8 Å². The Labute approximate surface area is 203 Å². The summed E-state index contributed by atoms with van der Waals surface area (Å²) in [6, 6.07) is 6.70. The van der Waals surface area contributed by atoms with E-state index in [0.717, 1.165) is 6.42 Å². The maximum Gasteiger partial charge on any atom is 0.341 e. The number of anilines is 1. The molecule has 1 spiro atoms. The minimum atomic E-state index is -2.02. The molecule has 2 heterocycles. The molecule has 0 saturated carbocycles. The van der Waals surface area contributed by atoms with Gasteiger partial charge in [-0.2, -0.15) is 0 Å². The first-order chi connectivity index (χ1) is 16.7. The van der Waals surface area contributed by atoms with Crippen molar-refractivity contribution < 1.29 is 38.1 Å². The summed E-state index contributed by atoms with van der Waals surface area (Å²) in [7, 11) is 1.52. The topological polar surface area (TPSA) is 134 Å². The number of fused-ring (bicyclic) bond motifs is 2. The van der Waals surface area contributed by atoms with Gasteiger partial charge in [-0.15, -0.1) is 0 Å². The van der Waals surface area contributed by atoms with Crippen LogP contribution in [0.25, 0.3) is 0 Å². The first kappa shape index (κ1) is 25.8. The Kier molecular flexibility index (Phi) is 7.83. The van der Waals surface area contributed by atoms with E-state index < -0.39 is 41.5 Å². The Morgan fingerprint density at radius 1 is 1.00 bits per heavy atom. The van der Waals surface area contributed by atoms with Gasteiger partial charge in [0.25, 0.3) is 0 Å². The lowest BCUT2D eigenvalue weighted by Gasteiger charge is -2.36.